The molecule has 106 valence electrons. The minimum Gasteiger partial charge on any atom is -0.465 e. The summed E-state index contributed by atoms with van der Waals surface area (Å²) < 4.78 is 6.03. The third kappa shape index (κ3) is 5.93. The second kappa shape index (κ2) is 9.34. The van der Waals surface area contributed by atoms with Gasteiger partial charge >= 0.3 is 5.97 Å². The Kier molecular flexibility index (Phi) is 8.09. The minimum atomic E-state index is -0.236. The van der Waals surface area contributed by atoms with Gasteiger partial charge in [0, 0.05) is 16.4 Å². The lowest BCUT2D eigenvalue weighted by atomic mass is 10.2. The molecule has 0 aromatic carbocycles. The molecule has 0 fully saturated rings. The zero-order valence-electron chi connectivity index (χ0n) is 11.2. The van der Waals surface area contributed by atoms with Gasteiger partial charge in [0.05, 0.1) is 6.61 Å². The topological polar surface area (TPSA) is 51.2 Å². The van der Waals surface area contributed by atoms with E-state index in [-0.39, 0.29) is 12.0 Å². The lowest BCUT2D eigenvalue weighted by Gasteiger charge is -2.15. The van der Waals surface area contributed by atoms with E-state index in [1.165, 1.54) is 0 Å². The molecule has 0 aliphatic heterocycles. The molecule has 0 saturated heterocycles. The molecule has 0 spiro atoms. The predicted molar refractivity (Wildman–Crippen MR) is 81.4 cm³/mol. The van der Waals surface area contributed by atoms with E-state index >= 15 is 0 Å². The van der Waals surface area contributed by atoms with Crippen LogP contribution in [0.2, 0.25) is 0 Å². The number of nitrogens with zero attached hydrogens (tertiary/aromatic N) is 1. The SMILES string of the molecule is CCNC(CCSc1ncccc1Br)C(=O)OCC. The molecule has 19 heavy (non-hydrogen) atoms. The smallest absolute Gasteiger partial charge is 0.323 e. The highest BCUT2D eigenvalue weighted by Crippen LogP contribution is 2.25. The van der Waals surface area contributed by atoms with Crippen LogP contribution in [0.5, 0.6) is 0 Å². The van der Waals surface area contributed by atoms with Gasteiger partial charge in [0.2, 0.25) is 0 Å². The summed E-state index contributed by atoms with van der Waals surface area (Å²) in [6.07, 6.45) is 2.49. The highest BCUT2D eigenvalue weighted by molar-refractivity contribution is 9.10. The number of aromatic nitrogens is 1. The molecule has 0 radical (unpaired) electrons. The molecule has 1 unspecified atom stereocenters. The number of pyridine rings is 1. The Morgan fingerprint density at radius 1 is 1.58 bits per heavy atom. The van der Waals surface area contributed by atoms with Gasteiger partial charge in [-0.05, 0) is 48.0 Å². The van der Waals surface area contributed by atoms with E-state index in [1.54, 1.807) is 18.0 Å². The van der Waals surface area contributed by atoms with Crippen LogP contribution >= 0.6 is 27.7 Å². The quantitative estimate of drug-likeness (QED) is 0.579. The Hall–Kier alpha value is -0.590. The average molecular weight is 347 g/mol. The number of hydrogen-bond donors (Lipinski definition) is 1. The number of nitrogens with one attached hydrogen (secondary N) is 1. The van der Waals surface area contributed by atoms with Crippen molar-refractivity contribution in [3.05, 3.63) is 22.8 Å². The van der Waals surface area contributed by atoms with Crippen LogP contribution in [0.25, 0.3) is 0 Å². The van der Waals surface area contributed by atoms with Crippen LogP contribution in [-0.4, -0.2) is 35.9 Å². The van der Waals surface area contributed by atoms with Crippen molar-refractivity contribution in [3.63, 3.8) is 0 Å². The highest BCUT2D eigenvalue weighted by atomic mass is 79.9. The lowest BCUT2D eigenvalue weighted by molar-refractivity contribution is -0.145. The number of hydrogen-bond acceptors (Lipinski definition) is 5. The van der Waals surface area contributed by atoms with Crippen LogP contribution in [0.4, 0.5) is 0 Å². The molecule has 6 heteroatoms. The van der Waals surface area contributed by atoms with Gasteiger partial charge in [-0.1, -0.05) is 6.92 Å². The highest BCUT2D eigenvalue weighted by Gasteiger charge is 2.18. The van der Waals surface area contributed by atoms with E-state index in [0.29, 0.717) is 6.61 Å². The maximum atomic E-state index is 11.7. The molecule has 0 amide bonds. The van der Waals surface area contributed by atoms with Gasteiger partial charge in [-0.3, -0.25) is 4.79 Å². The summed E-state index contributed by atoms with van der Waals surface area (Å²) in [5, 5.41) is 4.09. The summed E-state index contributed by atoms with van der Waals surface area (Å²) in [6.45, 7) is 4.97. The molecular formula is C13H19BrN2O2S. The Bertz CT molecular complexity index is 404. The van der Waals surface area contributed by atoms with Crippen LogP contribution < -0.4 is 5.32 Å². The second-order valence-electron chi connectivity index (χ2n) is 3.79. The number of likely N-dealkylation sites (N-methyl/N-ethyl adjacent to an activating group) is 1. The molecule has 0 aliphatic carbocycles. The van der Waals surface area contributed by atoms with Crippen molar-refractivity contribution < 1.29 is 9.53 Å². The van der Waals surface area contributed by atoms with Gasteiger partial charge in [0.1, 0.15) is 11.1 Å². The Balaban J connectivity index is 2.44. The first-order valence-corrected chi connectivity index (χ1v) is 8.10. The van der Waals surface area contributed by atoms with E-state index < -0.39 is 0 Å². The average Bonchev–Trinajstić information content (AvgIpc) is 2.40. The van der Waals surface area contributed by atoms with Gasteiger partial charge < -0.3 is 10.1 Å². The minimum absolute atomic E-state index is 0.176. The Morgan fingerprint density at radius 3 is 3.00 bits per heavy atom. The van der Waals surface area contributed by atoms with E-state index in [1.807, 2.05) is 26.0 Å². The van der Waals surface area contributed by atoms with Gasteiger partial charge in [-0.2, -0.15) is 0 Å². The molecule has 1 atom stereocenters. The Labute approximate surface area is 126 Å². The molecule has 1 heterocycles. The van der Waals surface area contributed by atoms with Crippen molar-refractivity contribution in [1.29, 1.82) is 0 Å². The summed E-state index contributed by atoms with van der Waals surface area (Å²) in [7, 11) is 0. The van der Waals surface area contributed by atoms with Crippen LogP contribution in [0.1, 0.15) is 20.3 Å². The van der Waals surface area contributed by atoms with Crippen molar-refractivity contribution >= 4 is 33.7 Å². The fourth-order valence-electron chi connectivity index (χ4n) is 1.54. The van der Waals surface area contributed by atoms with Crippen molar-refractivity contribution in [2.75, 3.05) is 18.9 Å². The third-order valence-corrected chi connectivity index (χ3v) is 4.33. The van der Waals surface area contributed by atoms with Gasteiger partial charge in [-0.25, -0.2) is 4.98 Å². The summed E-state index contributed by atoms with van der Waals surface area (Å²) in [6, 6.07) is 3.61. The molecule has 0 bridgehead atoms. The van der Waals surface area contributed by atoms with Crippen LogP contribution in [0, 0.1) is 0 Å². The summed E-state index contributed by atoms with van der Waals surface area (Å²) in [5.41, 5.74) is 0. The maximum absolute atomic E-state index is 11.7. The molecule has 1 rings (SSSR count). The lowest BCUT2D eigenvalue weighted by Crippen LogP contribution is -2.38. The van der Waals surface area contributed by atoms with Crippen LogP contribution in [0.15, 0.2) is 27.8 Å². The second-order valence-corrected chi connectivity index (χ2v) is 5.73. The first-order valence-electron chi connectivity index (χ1n) is 6.32. The number of thioether (sulfide) groups is 1. The fraction of sp³-hybridized carbons (Fsp3) is 0.538. The van der Waals surface area contributed by atoms with Gasteiger partial charge in [0.15, 0.2) is 0 Å². The van der Waals surface area contributed by atoms with Gasteiger partial charge in [-0.15, -0.1) is 11.8 Å². The standard InChI is InChI=1S/C13H19BrN2O2S/c1-3-15-11(13(17)18-4-2)7-9-19-12-10(14)6-5-8-16-12/h5-6,8,11,15H,3-4,7,9H2,1-2H3. The molecule has 1 N–H and O–H groups in total. The van der Waals surface area contributed by atoms with E-state index in [2.05, 4.69) is 26.2 Å². The monoisotopic (exact) mass is 346 g/mol. The van der Waals surface area contributed by atoms with Crippen molar-refractivity contribution in [3.8, 4) is 0 Å². The molecule has 1 aromatic rings. The summed E-state index contributed by atoms with van der Waals surface area (Å²) in [4.78, 5) is 16.0. The summed E-state index contributed by atoms with van der Waals surface area (Å²) >= 11 is 5.09. The number of esters is 1. The normalized spacial score (nSPS) is 12.2. The molecule has 0 saturated carbocycles. The van der Waals surface area contributed by atoms with Crippen molar-refractivity contribution in [2.45, 2.75) is 31.3 Å². The first kappa shape index (κ1) is 16.5. The van der Waals surface area contributed by atoms with E-state index in [0.717, 1.165) is 28.2 Å². The van der Waals surface area contributed by atoms with Crippen LogP contribution in [0.3, 0.4) is 0 Å². The molecule has 4 nitrogen and oxygen atoms in total. The van der Waals surface area contributed by atoms with E-state index in [9.17, 15) is 4.79 Å². The Morgan fingerprint density at radius 2 is 2.37 bits per heavy atom. The van der Waals surface area contributed by atoms with E-state index in [4.69, 9.17) is 4.74 Å². The third-order valence-electron chi connectivity index (χ3n) is 2.39. The largest absolute Gasteiger partial charge is 0.465 e. The zero-order valence-corrected chi connectivity index (χ0v) is 13.6. The number of carbonyl (C=O) groups is 1. The first-order chi connectivity index (χ1) is 9.19. The number of carbonyl (C=O) groups excluding carboxylic acids is 1. The van der Waals surface area contributed by atoms with Crippen molar-refractivity contribution in [1.82, 2.24) is 10.3 Å². The van der Waals surface area contributed by atoms with Crippen LogP contribution in [-0.2, 0) is 9.53 Å². The van der Waals surface area contributed by atoms with Crippen molar-refractivity contribution in [2.24, 2.45) is 0 Å². The molecule has 0 aliphatic rings. The fourth-order valence-corrected chi connectivity index (χ4v) is 3.03. The van der Waals surface area contributed by atoms with Gasteiger partial charge in [0.25, 0.3) is 0 Å². The zero-order chi connectivity index (χ0) is 14.1. The number of rotatable bonds is 8. The molecule has 1 aromatic heterocycles. The number of halogens is 1. The summed E-state index contributed by atoms with van der Waals surface area (Å²) in [5.74, 6) is 0.636. The predicted octanol–water partition coefficient (Wildman–Crippen LogP) is 2.87. The molecular weight excluding hydrogens is 328 g/mol. The number of ether oxygens (including phenoxy) is 1. The maximum Gasteiger partial charge on any atom is 0.323 e.